The van der Waals surface area contributed by atoms with Crippen molar-refractivity contribution in [1.82, 2.24) is 4.90 Å². The zero-order valence-electron chi connectivity index (χ0n) is 12.2. The van der Waals surface area contributed by atoms with E-state index in [4.69, 9.17) is 0 Å². The molecule has 0 saturated carbocycles. The van der Waals surface area contributed by atoms with E-state index >= 15 is 0 Å². The molecule has 1 saturated heterocycles. The minimum Gasteiger partial charge on any atom is -0.395 e. The Bertz CT molecular complexity index is 326. The second-order valence-corrected chi connectivity index (χ2v) is 5.35. The third kappa shape index (κ3) is 5.04. The first-order valence-electron chi connectivity index (χ1n) is 7.46. The maximum atomic E-state index is 9.83. The highest BCUT2D eigenvalue weighted by Gasteiger charge is 2.40. The van der Waals surface area contributed by atoms with Gasteiger partial charge in [0.05, 0.1) is 18.8 Å². The topological polar surface area (TPSA) is 84.2 Å². The Morgan fingerprint density at radius 3 is 2.40 bits per heavy atom. The zero-order valence-corrected chi connectivity index (χ0v) is 12.2. The number of hydrogen-bond donors (Lipinski definition) is 4. The maximum absolute atomic E-state index is 9.83. The molecule has 0 radical (unpaired) electrons. The van der Waals surface area contributed by atoms with E-state index in [0.29, 0.717) is 13.0 Å². The highest BCUT2D eigenvalue weighted by atomic mass is 16.4. The van der Waals surface area contributed by atoms with Gasteiger partial charge in [-0.15, -0.1) is 11.8 Å². The number of rotatable bonds is 6. The molecule has 0 bridgehead atoms. The van der Waals surface area contributed by atoms with Crippen LogP contribution in [0.2, 0.25) is 0 Å². The number of aliphatic hydroxyl groups excluding tert-OH is 4. The van der Waals surface area contributed by atoms with Gasteiger partial charge in [0.25, 0.3) is 0 Å². The van der Waals surface area contributed by atoms with E-state index in [9.17, 15) is 20.4 Å². The Labute approximate surface area is 121 Å². The van der Waals surface area contributed by atoms with E-state index in [1.165, 1.54) is 12.8 Å². The summed E-state index contributed by atoms with van der Waals surface area (Å²) in [4.78, 5) is 1.79. The molecular formula is C15H27NO4. The van der Waals surface area contributed by atoms with Gasteiger partial charge in [-0.3, -0.25) is 4.90 Å². The molecule has 0 aliphatic carbocycles. The molecule has 116 valence electrons. The van der Waals surface area contributed by atoms with Gasteiger partial charge in [-0.2, -0.15) is 0 Å². The SMILES string of the molecule is CCCCCC#CCCN1C[C@H](O)[C@@H](O)[C@H](O)[C@H]1CO. The highest BCUT2D eigenvalue weighted by molar-refractivity contribution is 5.01. The molecule has 0 spiro atoms. The summed E-state index contributed by atoms with van der Waals surface area (Å²) in [5, 5.41) is 38.4. The minimum atomic E-state index is -1.19. The largest absolute Gasteiger partial charge is 0.395 e. The standard InChI is InChI=1S/C15H27NO4/c1-2-3-4-5-6-7-8-9-16-10-13(18)15(20)14(19)12(16)11-17/h12-15,17-20H,2-5,8-11H2,1H3/t12-,13+,14-,15-/m1/s1. The van der Waals surface area contributed by atoms with E-state index in [2.05, 4.69) is 18.8 Å². The summed E-state index contributed by atoms with van der Waals surface area (Å²) in [5.41, 5.74) is 0. The average Bonchev–Trinajstić information content (AvgIpc) is 2.44. The highest BCUT2D eigenvalue weighted by Crippen LogP contribution is 2.18. The van der Waals surface area contributed by atoms with Crippen LogP contribution in [0.25, 0.3) is 0 Å². The van der Waals surface area contributed by atoms with Gasteiger partial charge in [0.1, 0.15) is 12.2 Å². The van der Waals surface area contributed by atoms with Gasteiger partial charge in [0, 0.05) is 25.9 Å². The van der Waals surface area contributed by atoms with Crippen molar-refractivity contribution in [1.29, 1.82) is 0 Å². The number of hydrogen-bond acceptors (Lipinski definition) is 5. The molecule has 4 N–H and O–H groups in total. The van der Waals surface area contributed by atoms with Crippen LogP contribution < -0.4 is 0 Å². The molecule has 1 rings (SSSR count). The molecule has 1 heterocycles. The zero-order chi connectivity index (χ0) is 15.0. The Morgan fingerprint density at radius 1 is 1.05 bits per heavy atom. The van der Waals surface area contributed by atoms with Gasteiger partial charge in [-0.1, -0.05) is 19.8 Å². The summed E-state index contributed by atoms with van der Waals surface area (Å²) < 4.78 is 0. The van der Waals surface area contributed by atoms with Gasteiger partial charge in [0.15, 0.2) is 0 Å². The maximum Gasteiger partial charge on any atom is 0.109 e. The Kier molecular flexibility index (Phi) is 8.12. The van der Waals surface area contributed by atoms with Crippen molar-refractivity contribution < 1.29 is 20.4 Å². The molecular weight excluding hydrogens is 258 g/mol. The van der Waals surface area contributed by atoms with Crippen LogP contribution in [0.3, 0.4) is 0 Å². The third-order valence-electron chi connectivity index (χ3n) is 3.77. The third-order valence-corrected chi connectivity index (χ3v) is 3.77. The second kappa shape index (κ2) is 9.32. The lowest BCUT2D eigenvalue weighted by Crippen LogP contribution is -2.62. The van der Waals surface area contributed by atoms with Crippen molar-refractivity contribution in [3.63, 3.8) is 0 Å². The summed E-state index contributed by atoms with van der Waals surface area (Å²) in [7, 11) is 0. The van der Waals surface area contributed by atoms with Crippen LogP contribution in [0.5, 0.6) is 0 Å². The van der Waals surface area contributed by atoms with Crippen LogP contribution in [-0.2, 0) is 0 Å². The lowest BCUT2D eigenvalue weighted by molar-refractivity contribution is -0.144. The molecule has 20 heavy (non-hydrogen) atoms. The average molecular weight is 285 g/mol. The van der Waals surface area contributed by atoms with E-state index in [1.54, 1.807) is 4.90 Å². The molecule has 1 aliphatic heterocycles. The summed E-state index contributed by atoms with van der Waals surface area (Å²) in [6, 6.07) is -0.532. The summed E-state index contributed by atoms with van der Waals surface area (Å²) in [6.45, 7) is 2.74. The van der Waals surface area contributed by atoms with Crippen LogP contribution in [-0.4, -0.2) is 69.4 Å². The van der Waals surface area contributed by atoms with Gasteiger partial charge >= 0.3 is 0 Å². The molecule has 1 aliphatic rings. The Balaban J connectivity index is 2.37. The quantitative estimate of drug-likeness (QED) is 0.398. The Morgan fingerprint density at radius 2 is 1.75 bits per heavy atom. The van der Waals surface area contributed by atoms with E-state index in [-0.39, 0.29) is 13.2 Å². The lowest BCUT2D eigenvalue weighted by Gasteiger charge is -2.42. The van der Waals surface area contributed by atoms with Crippen LogP contribution >= 0.6 is 0 Å². The predicted octanol–water partition coefficient (Wildman–Crippen LogP) is -0.281. The molecule has 5 nitrogen and oxygen atoms in total. The lowest BCUT2D eigenvalue weighted by atomic mass is 9.94. The first-order valence-corrected chi connectivity index (χ1v) is 7.46. The van der Waals surface area contributed by atoms with Gasteiger partial charge in [0.2, 0.25) is 0 Å². The van der Waals surface area contributed by atoms with Crippen LogP contribution in [0.4, 0.5) is 0 Å². The second-order valence-electron chi connectivity index (χ2n) is 5.35. The first-order chi connectivity index (χ1) is 9.61. The smallest absolute Gasteiger partial charge is 0.109 e. The Hall–Kier alpha value is -0.640. The number of likely N-dealkylation sites (tertiary alicyclic amines) is 1. The fourth-order valence-electron chi connectivity index (χ4n) is 2.48. The van der Waals surface area contributed by atoms with Crippen molar-refractivity contribution in [2.75, 3.05) is 19.7 Å². The van der Waals surface area contributed by atoms with Gasteiger partial charge in [-0.25, -0.2) is 0 Å². The van der Waals surface area contributed by atoms with Crippen molar-refractivity contribution in [2.24, 2.45) is 0 Å². The van der Waals surface area contributed by atoms with Crippen molar-refractivity contribution in [3.05, 3.63) is 0 Å². The molecule has 5 heteroatoms. The number of unbranched alkanes of at least 4 members (excludes halogenated alkanes) is 3. The molecule has 1 fully saturated rings. The summed E-state index contributed by atoms with van der Waals surface area (Å²) >= 11 is 0. The van der Waals surface area contributed by atoms with Crippen molar-refractivity contribution in [2.45, 2.75) is 63.4 Å². The number of piperidine rings is 1. The van der Waals surface area contributed by atoms with E-state index in [1.807, 2.05) is 0 Å². The summed E-state index contributed by atoms with van der Waals surface area (Å²) in [6.07, 6.45) is 1.75. The first kappa shape index (κ1) is 17.4. The molecule has 0 amide bonds. The fourth-order valence-corrected chi connectivity index (χ4v) is 2.48. The molecule has 0 aromatic heterocycles. The van der Waals surface area contributed by atoms with Crippen LogP contribution in [0.1, 0.15) is 39.0 Å². The number of nitrogens with zero attached hydrogens (tertiary/aromatic N) is 1. The molecule has 4 atom stereocenters. The van der Waals surface area contributed by atoms with Gasteiger partial charge in [-0.05, 0) is 6.42 Å². The monoisotopic (exact) mass is 285 g/mol. The van der Waals surface area contributed by atoms with Gasteiger partial charge < -0.3 is 20.4 Å². The number of aliphatic hydroxyl groups is 4. The minimum absolute atomic E-state index is 0.241. The number of β-amino-alcohol motifs (C(OH)–C–C–N with tert-alkyl or cyclic N) is 1. The van der Waals surface area contributed by atoms with E-state index in [0.717, 1.165) is 12.8 Å². The molecule has 0 aromatic rings. The van der Waals surface area contributed by atoms with Crippen molar-refractivity contribution in [3.8, 4) is 11.8 Å². The van der Waals surface area contributed by atoms with Crippen LogP contribution in [0, 0.1) is 11.8 Å². The molecule has 0 unspecified atom stereocenters. The molecule has 0 aromatic carbocycles. The van der Waals surface area contributed by atoms with E-state index < -0.39 is 24.4 Å². The predicted molar refractivity (Wildman–Crippen MR) is 77.0 cm³/mol. The fraction of sp³-hybridized carbons (Fsp3) is 0.867. The van der Waals surface area contributed by atoms with Crippen molar-refractivity contribution >= 4 is 0 Å². The normalized spacial score (nSPS) is 30.9. The van der Waals surface area contributed by atoms with Crippen LogP contribution in [0.15, 0.2) is 0 Å². The summed E-state index contributed by atoms with van der Waals surface area (Å²) in [5.74, 6) is 6.19.